The third kappa shape index (κ3) is 14.7. The van der Waals surface area contributed by atoms with Crippen LogP contribution in [0.3, 0.4) is 0 Å². The number of H-pyrrole nitrogens is 3. The van der Waals surface area contributed by atoms with Crippen LogP contribution in [0.5, 0.6) is 5.88 Å². The van der Waals surface area contributed by atoms with Crippen molar-refractivity contribution in [3.8, 4) is 5.88 Å². The first kappa shape index (κ1) is 66.6. The van der Waals surface area contributed by atoms with Crippen LogP contribution >= 0.6 is 23.2 Å². The molecular formula is C67H76Cl2N22O4S2. The number of benzene rings is 3. The molecule has 15 rings (SSSR count). The minimum Gasteiger partial charge on any atom is -0.474 e. The lowest BCUT2D eigenvalue weighted by Crippen LogP contribution is -2.53. The third-order valence-corrected chi connectivity index (χ3v) is 21.3. The summed E-state index contributed by atoms with van der Waals surface area (Å²) in [5.41, 5.74) is 8.92. The quantitative estimate of drug-likeness (QED) is 0.0462. The summed E-state index contributed by atoms with van der Waals surface area (Å²) >= 11 is 13.2. The number of imidazole rings is 3. The molecule has 12 heterocycles. The smallest absolute Gasteiger partial charge is 0.222 e. The normalized spacial score (nSPS) is 17.5. The molecule has 3 aliphatic heterocycles. The van der Waals surface area contributed by atoms with Crippen LogP contribution in [-0.2, 0) is 26.2 Å². The predicted octanol–water partition coefficient (Wildman–Crippen LogP) is 10.7. The van der Waals surface area contributed by atoms with Gasteiger partial charge in [0.15, 0.2) is 34.4 Å². The van der Waals surface area contributed by atoms with Gasteiger partial charge in [0, 0.05) is 83.9 Å². The van der Waals surface area contributed by atoms with E-state index < -0.39 is 19.7 Å². The van der Waals surface area contributed by atoms with E-state index in [1.165, 1.54) is 49.1 Å². The molecule has 0 bridgehead atoms. The molecule has 504 valence electrons. The number of aromatic nitrogens is 15. The van der Waals surface area contributed by atoms with Gasteiger partial charge in [0.25, 0.3) is 0 Å². The van der Waals surface area contributed by atoms with Gasteiger partial charge in [0.1, 0.15) is 47.5 Å². The van der Waals surface area contributed by atoms with Crippen LogP contribution in [0.25, 0.3) is 65.8 Å². The summed E-state index contributed by atoms with van der Waals surface area (Å²) in [6, 6.07) is 23.8. The highest BCUT2D eigenvalue weighted by Gasteiger charge is 2.32. The molecule has 0 spiro atoms. The Morgan fingerprint density at radius 3 is 1.58 bits per heavy atom. The lowest BCUT2D eigenvalue weighted by Gasteiger charge is -2.40. The summed E-state index contributed by atoms with van der Waals surface area (Å²) in [5, 5.41) is 17.8. The van der Waals surface area contributed by atoms with E-state index in [4.69, 9.17) is 42.9 Å². The summed E-state index contributed by atoms with van der Waals surface area (Å²) in [5.74, 6) is 7.23. The molecule has 97 heavy (non-hydrogen) atoms. The first-order chi connectivity index (χ1) is 46.7. The second-order valence-corrected chi connectivity index (χ2v) is 30.2. The van der Waals surface area contributed by atoms with Gasteiger partial charge in [-0.25, -0.2) is 67.5 Å². The minimum atomic E-state index is -3.25. The largest absolute Gasteiger partial charge is 0.474 e. The van der Waals surface area contributed by atoms with Crippen molar-refractivity contribution < 1.29 is 17.4 Å². The number of fused-ring (bicyclic) bond motifs is 6. The number of piperazine rings is 1. The number of aromatic amines is 3. The van der Waals surface area contributed by atoms with Crippen molar-refractivity contribution in [2.75, 3.05) is 85.7 Å². The number of anilines is 4. The van der Waals surface area contributed by atoms with Crippen molar-refractivity contribution >= 4 is 138 Å². The zero-order valence-corrected chi connectivity index (χ0v) is 58.0. The van der Waals surface area contributed by atoms with Crippen LogP contribution in [0.15, 0.2) is 111 Å². The zero-order chi connectivity index (χ0) is 67.7. The van der Waals surface area contributed by atoms with E-state index >= 15 is 0 Å². The summed E-state index contributed by atoms with van der Waals surface area (Å²) in [6.07, 6.45) is 16.0. The van der Waals surface area contributed by atoms with Gasteiger partial charge in [-0.05, 0) is 125 Å². The van der Waals surface area contributed by atoms with Gasteiger partial charge < -0.3 is 45.4 Å². The molecule has 3 fully saturated rings. The van der Waals surface area contributed by atoms with Crippen molar-refractivity contribution in [2.45, 2.75) is 90.6 Å². The van der Waals surface area contributed by atoms with Crippen LogP contribution < -0.4 is 25.6 Å². The standard InChI is InChI=1S/C24H29N7O2S.C22H25ClN8O2S.C21H22ClN7/c1-15-6-5-7-17-12-19(16(2)29-23-21-22(26-13-25-21)27-14-28-23)30-24(20(15)17)33-18-8-10-31(11-9-18)34(3,4)32;1-13-10-30(34(3,32)33)7-8-31(13)22-18-15(5-4-6-16(18)23)9-17(29-22)14(2)28-21-19-20(25-11-24-19)26-12-27-21;1-13(27-21-19-20(24-11-23-19)25-12-26-21)17-10-14-4-2-5-15(22)18(14)16(28-17)6-9-29-7-3-8-29/h5-7,12-14,16,18H,3,8-11H2,1-2,4H3,(H2,25,26,27,28,29);4-6,9,11-14H,7-8,10H2,1-3H3,(H2,24,25,26,27,28);2,4-5,10-13H,3,6-9H2,1H3,(H2,23,24,25,26,27)/t16-,34?;13-,14+;13-/m110/s1. The van der Waals surface area contributed by atoms with E-state index in [0.29, 0.717) is 72.2 Å². The van der Waals surface area contributed by atoms with Gasteiger partial charge >= 0.3 is 0 Å². The van der Waals surface area contributed by atoms with E-state index in [9.17, 15) is 12.6 Å². The van der Waals surface area contributed by atoms with Crippen molar-refractivity contribution in [3.63, 3.8) is 0 Å². The summed E-state index contributed by atoms with van der Waals surface area (Å²) < 4.78 is 46.4. The number of aryl methyl sites for hydroxylation is 1. The first-order valence-electron chi connectivity index (χ1n) is 32.2. The van der Waals surface area contributed by atoms with E-state index in [-0.39, 0.29) is 30.3 Å². The number of halogens is 2. The molecule has 0 amide bonds. The summed E-state index contributed by atoms with van der Waals surface area (Å²) in [6.45, 7) is 16.3. The van der Waals surface area contributed by atoms with Crippen molar-refractivity contribution in [3.05, 3.63) is 149 Å². The van der Waals surface area contributed by atoms with Crippen LogP contribution in [0, 0.1) is 6.92 Å². The van der Waals surface area contributed by atoms with E-state index in [1.807, 2.05) is 67.5 Å². The van der Waals surface area contributed by atoms with Gasteiger partial charge in [-0.3, -0.25) is 9.19 Å². The molecule has 30 heteroatoms. The fourth-order valence-corrected chi connectivity index (χ4v) is 15.0. The summed E-state index contributed by atoms with van der Waals surface area (Å²) in [7, 11) is -5.44. The number of pyridine rings is 3. The van der Waals surface area contributed by atoms with E-state index in [2.05, 4.69) is 136 Å². The fourth-order valence-electron chi connectivity index (χ4n) is 12.6. The molecule has 1 unspecified atom stereocenters. The van der Waals surface area contributed by atoms with Crippen LogP contribution in [0.4, 0.5) is 23.3 Å². The van der Waals surface area contributed by atoms with Gasteiger partial charge in [0.05, 0.1) is 76.2 Å². The molecule has 0 saturated carbocycles. The molecule has 3 aliphatic rings. The number of hydrogen-bond acceptors (Lipinski definition) is 21. The molecule has 26 nitrogen and oxygen atoms in total. The molecule has 9 aromatic heterocycles. The Bertz CT molecular complexity index is 5080. The Labute approximate surface area is 571 Å². The molecule has 5 atom stereocenters. The number of rotatable bonds is 17. The maximum absolute atomic E-state index is 12.3. The van der Waals surface area contributed by atoms with Crippen LogP contribution in [-0.4, -0.2) is 184 Å². The van der Waals surface area contributed by atoms with Gasteiger partial charge in [-0.1, -0.05) is 65.7 Å². The number of sulfonamides is 1. The third-order valence-electron chi connectivity index (χ3n) is 18.0. The highest BCUT2D eigenvalue weighted by molar-refractivity contribution is 7.97. The highest BCUT2D eigenvalue weighted by atomic mass is 35.5. The molecule has 0 aliphatic carbocycles. The second-order valence-electron chi connectivity index (χ2n) is 24.9. The maximum Gasteiger partial charge on any atom is 0.222 e. The second kappa shape index (κ2) is 28.2. The first-order valence-corrected chi connectivity index (χ1v) is 36.9. The van der Waals surface area contributed by atoms with Crippen LogP contribution in [0.2, 0.25) is 10.0 Å². The zero-order valence-electron chi connectivity index (χ0n) is 54.8. The van der Waals surface area contributed by atoms with Crippen molar-refractivity contribution in [1.82, 2.24) is 88.3 Å². The lowest BCUT2D eigenvalue weighted by molar-refractivity contribution is 0.133. The van der Waals surface area contributed by atoms with Crippen molar-refractivity contribution in [1.29, 1.82) is 0 Å². The van der Waals surface area contributed by atoms with Gasteiger partial charge in [-0.15, -0.1) is 0 Å². The molecule has 0 radical (unpaired) electrons. The summed E-state index contributed by atoms with van der Waals surface area (Å²) in [4.78, 5) is 67.1. The molecule has 12 aromatic rings. The topological polar surface area (TPSA) is 312 Å². The van der Waals surface area contributed by atoms with Crippen molar-refractivity contribution in [2.24, 2.45) is 0 Å². The molecular weight excluding hydrogens is 1310 g/mol. The van der Waals surface area contributed by atoms with E-state index in [1.54, 1.807) is 25.2 Å². The molecule has 6 N–H and O–H groups in total. The predicted molar refractivity (Wildman–Crippen MR) is 386 cm³/mol. The molecule has 3 saturated heterocycles. The average molecular weight is 1390 g/mol. The monoisotopic (exact) mass is 1390 g/mol. The number of nitrogens with zero attached hydrogens (tertiary/aromatic N) is 16. The van der Waals surface area contributed by atoms with Gasteiger partial charge in [-0.2, -0.15) is 4.31 Å². The van der Waals surface area contributed by atoms with Crippen LogP contribution in [0.1, 0.15) is 93.4 Å². The Morgan fingerprint density at radius 2 is 1.08 bits per heavy atom. The minimum absolute atomic E-state index is 0.0123. The van der Waals surface area contributed by atoms with E-state index in [0.717, 1.165) is 120 Å². The number of piperidine rings is 1. The Kier molecular flexibility index (Phi) is 19.4. The number of ether oxygens (including phenoxy) is 1. The Hall–Kier alpha value is -9.03. The average Bonchev–Trinajstić information content (AvgIpc) is 1.46. The van der Waals surface area contributed by atoms with Gasteiger partial charge in [0.2, 0.25) is 15.9 Å². The number of likely N-dealkylation sites (tertiary alicyclic amines) is 1. The molecule has 3 aromatic carbocycles. The SMILES string of the molecule is C=S(C)(=O)N1CCC(Oc2nc([C@@H](C)Nc3ncnc4nc[nH]c34)cc3cccc(C)c23)CC1.C[C@H](Nc1ncnc2nc[nH]c12)c1cc2cccc(Cl)c2c(CCN2CCC2)n1.C[C@H](Nc1ncnc2nc[nH]c12)c1cc2cccc(Cl)c2c(N2CCN(S(C)(=O)=O)C[C@H]2C)n1. The fraction of sp³-hybridized carbons (Fsp3) is 0.358. The highest BCUT2D eigenvalue weighted by Crippen LogP contribution is 2.38. The lowest BCUT2D eigenvalue weighted by atomic mass is 10.0. The number of nitrogens with one attached hydrogen (secondary N) is 6. The Morgan fingerprint density at radius 1 is 0.598 bits per heavy atom. The maximum atomic E-state index is 12.3. The number of hydrogen-bond donors (Lipinski definition) is 6. The Balaban J connectivity index is 0.000000132.